The second-order valence-electron chi connectivity index (χ2n) is 5.33. The standard InChI is InChI=1S/C17H16N6O3/c1-13-4-6-14(7-5-13)26-17-15(23(24)25)16(20-12-21-17)22(10-2-8-18)11-3-9-19/h4-7,12H,2-3,10-11H2,1H3. The SMILES string of the molecule is Cc1ccc(Oc2ncnc(N(CCC#N)CCC#N)c2[N+](=O)[O-])cc1. The van der Waals surface area contributed by atoms with E-state index in [2.05, 4.69) is 9.97 Å². The molecule has 0 bridgehead atoms. The Kier molecular flexibility index (Phi) is 6.40. The number of anilines is 1. The van der Waals surface area contributed by atoms with Crippen LogP contribution in [0.4, 0.5) is 11.5 Å². The van der Waals surface area contributed by atoms with E-state index in [4.69, 9.17) is 15.3 Å². The normalized spacial score (nSPS) is 9.81. The van der Waals surface area contributed by atoms with E-state index < -0.39 is 10.6 Å². The van der Waals surface area contributed by atoms with Gasteiger partial charge in [-0.15, -0.1) is 0 Å². The molecule has 0 spiro atoms. The highest BCUT2D eigenvalue weighted by atomic mass is 16.6. The molecule has 0 aliphatic heterocycles. The first-order valence-electron chi connectivity index (χ1n) is 7.79. The first-order valence-corrected chi connectivity index (χ1v) is 7.79. The van der Waals surface area contributed by atoms with Crippen LogP contribution in [0.1, 0.15) is 18.4 Å². The summed E-state index contributed by atoms with van der Waals surface area (Å²) < 4.78 is 5.58. The number of rotatable bonds is 8. The number of aryl methyl sites for hydroxylation is 1. The van der Waals surface area contributed by atoms with Gasteiger partial charge in [-0.25, -0.2) is 4.98 Å². The molecule has 0 aliphatic carbocycles. The number of nitro groups is 1. The van der Waals surface area contributed by atoms with Crippen molar-refractivity contribution in [1.82, 2.24) is 9.97 Å². The first-order chi connectivity index (χ1) is 12.6. The summed E-state index contributed by atoms with van der Waals surface area (Å²) in [6, 6.07) is 11.0. The molecule has 26 heavy (non-hydrogen) atoms. The zero-order valence-corrected chi connectivity index (χ0v) is 14.1. The third-order valence-corrected chi connectivity index (χ3v) is 3.47. The molecule has 1 aromatic carbocycles. The number of ether oxygens (including phenoxy) is 1. The molecule has 1 heterocycles. The Hall–Kier alpha value is -3.72. The van der Waals surface area contributed by atoms with E-state index in [9.17, 15) is 10.1 Å². The molecular weight excluding hydrogens is 336 g/mol. The summed E-state index contributed by atoms with van der Waals surface area (Å²) in [6.07, 6.45) is 1.44. The van der Waals surface area contributed by atoms with Gasteiger partial charge in [-0.2, -0.15) is 15.5 Å². The van der Waals surface area contributed by atoms with Crippen molar-refractivity contribution in [3.8, 4) is 23.8 Å². The van der Waals surface area contributed by atoms with Crippen LogP contribution in [0.15, 0.2) is 30.6 Å². The van der Waals surface area contributed by atoms with Gasteiger partial charge in [0.15, 0.2) is 0 Å². The lowest BCUT2D eigenvalue weighted by Gasteiger charge is -2.21. The van der Waals surface area contributed by atoms with Crippen molar-refractivity contribution in [3.63, 3.8) is 0 Å². The predicted molar refractivity (Wildman–Crippen MR) is 92.6 cm³/mol. The molecule has 0 fully saturated rings. The minimum Gasteiger partial charge on any atom is -0.434 e. The number of hydrogen-bond donors (Lipinski definition) is 0. The van der Waals surface area contributed by atoms with Crippen molar-refractivity contribution in [3.05, 3.63) is 46.3 Å². The van der Waals surface area contributed by atoms with Crippen LogP contribution in [0.3, 0.4) is 0 Å². The van der Waals surface area contributed by atoms with Crippen LogP contribution in [0.2, 0.25) is 0 Å². The Morgan fingerprint density at radius 3 is 2.31 bits per heavy atom. The molecular formula is C17H16N6O3. The molecule has 0 unspecified atom stereocenters. The van der Waals surface area contributed by atoms with E-state index in [1.807, 2.05) is 31.2 Å². The lowest BCUT2D eigenvalue weighted by atomic mass is 10.2. The van der Waals surface area contributed by atoms with Gasteiger partial charge in [0, 0.05) is 13.1 Å². The minimum absolute atomic E-state index is 0.0256. The van der Waals surface area contributed by atoms with Crippen LogP contribution in [0, 0.1) is 39.7 Å². The molecule has 0 amide bonds. The highest BCUT2D eigenvalue weighted by Gasteiger charge is 2.28. The smallest absolute Gasteiger partial charge is 0.373 e. The van der Waals surface area contributed by atoms with Crippen LogP contribution < -0.4 is 9.64 Å². The number of benzene rings is 1. The maximum absolute atomic E-state index is 11.6. The molecule has 0 aliphatic rings. The highest BCUT2D eigenvalue weighted by Crippen LogP contribution is 2.36. The zero-order chi connectivity index (χ0) is 18.9. The largest absolute Gasteiger partial charge is 0.434 e. The minimum atomic E-state index is -0.620. The molecule has 9 heteroatoms. The molecule has 1 aromatic heterocycles. The molecule has 9 nitrogen and oxygen atoms in total. The average molecular weight is 352 g/mol. The summed E-state index contributed by atoms with van der Waals surface area (Å²) >= 11 is 0. The second-order valence-corrected chi connectivity index (χ2v) is 5.33. The average Bonchev–Trinajstić information content (AvgIpc) is 2.63. The molecule has 0 saturated heterocycles. The van der Waals surface area contributed by atoms with Crippen molar-refractivity contribution in [1.29, 1.82) is 10.5 Å². The first kappa shape index (κ1) is 18.6. The molecule has 2 rings (SSSR count). The van der Waals surface area contributed by atoms with Crippen molar-refractivity contribution >= 4 is 11.5 Å². The Balaban J connectivity index is 2.42. The van der Waals surface area contributed by atoms with E-state index in [0.29, 0.717) is 5.75 Å². The Bertz CT molecular complexity index is 836. The van der Waals surface area contributed by atoms with Gasteiger partial charge in [0.1, 0.15) is 12.1 Å². The van der Waals surface area contributed by atoms with Crippen LogP contribution in [0.25, 0.3) is 0 Å². The van der Waals surface area contributed by atoms with Crippen LogP contribution in [0.5, 0.6) is 11.6 Å². The summed E-state index contributed by atoms with van der Waals surface area (Å²) in [4.78, 5) is 20.4. The molecule has 2 aromatic rings. The fourth-order valence-corrected chi connectivity index (χ4v) is 2.23. The van der Waals surface area contributed by atoms with Crippen molar-refractivity contribution in [2.45, 2.75) is 19.8 Å². The quantitative estimate of drug-likeness (QED) is 0.523. The zero-order valence-electron chi connectivity index (χ0n) is 14.1. The summed E-state index contributed by atoms with van der Waals surface area (Å²) in [6.45, 7) is 2.33. The maximum Gasteiger partial charge on any atom is 0.373 e. The predicted octanol–water partition coefficient (Wildman–Crippen LogP) is 3.12. The molecule has 0 saturated carbocycles. The van der Waals surface area contributed by atoms with Crippen molar-refractivity contribution < 1.29 is 9.66 Å². The van der Waals surface area contributed by atoms with Gasteiger partial charge in [0.25, 0.3) is 0 Å². The summed E-state index contributed by atoms with van der Waals surface area (Å²) in [5.41, 5.74) is 0.623. The van der Waals surface area contributed by atoms with Gasteiger partial charge < -0.3 is 9.64 Å². The second kappa shape index (κ2) is 8.94. The van der Waals surface area contributed by atoms with Gasteiger partial charge >= 0.3 is 11.6 Å². The molecule has 0 N–H and O–H groups in total. The number of hydrogen-bond acceptors (Lipinski definition) is 8. The van der Waals surface area contributed by atoms with E-state index in [-0.39, 0.29) is 37.6 Å². The maximum atomic E-state index is 11.6. The van der Waals surface area contributed by atoms with Gasteiger partial charge in [0.2, 0.25) is 5.82 Å². The fourth-order valence-electron chi connectivity index (χ4n) is 2.23. The lowest BCUT2D eigenvalue weighted by Crippen LogP contribution is -2.27. The summed E-state index contributed by atoms with van der Waals surface area (Å²) in [5, 5.41) is 29.2. The van der Waals surface area contributed by atoms with E-state index in [1.54, 1.807) is 12.1 Å². The third-order valence-electron chi connectivity index (χ3n) is 3.47. The fraction of sp³-hybridized carbons (Fsp3) is 0.294. The van der Waals surface area contributed by atoms with Crippen LogP contribution >= 0.6 is 0 Å². The third kappa shape index (κ3) is 4.65. The Morgan fingerprint density at radius 1 is 1.15 bits per heavy atom. The number of aromatic nitrogens is 2. The van der Waals surface area contributed by atoms with E-state index >= 15 is 0 Å². The van der Waals surface area contributed by atoms with Gasteiger partial charge in [-0.3, -0.25) is 10.1 Å². The van der Waals surface area contributed by atoms with E-state index in [0.717, 1.165) is 11.9 Å². The van der Waals surface area contributed by atoms with Crippen molar-refractivity contribution in [2.24, 2.45) is 0 Å². The summed E-state index contributed by atoms with van der Waals surface area (Å²) in [7, 11) is 0. The summed E-state index contributed by atoms with van der Waals surface area (Å²) in [5.74, 6) is 0.240. The number of nitrogens with zero attached hydrogens (tertiary/aromatic N) is 6. The van der Waals surface area contributed by atoms with E-state index in [1.165, 1.54) is 4.90 Å². The van der Waals surface area contributed by atoms with Gasteiger partial charge in [-0.05, 0) is 19.1 Å². The van der Waals surface area contributed by atoms with Gasteiger partial charge in [0.05, 0.1) is 29.9 Å². The monoisotopic (exact) mass is 352 g/mol. The molecule has 0 atom stereocenters. The lowest BCUT2D eigenvalue weighted by molar-refractivity contribution is -0.385. The van der Waals surface area contributed by atoms with Crippen LogP contribution in [-0.4, -0.2) is 28.0 Å². The highest BCUT2D eigenvalue weighted by molar-refractivity contribution is 5.63. The Morgan fingerprint density at radius 2 is 1.77 bits per heavy atom. The molecule has 132 valence electrons. The molecule has 0 radical (unpaired) electrons. The van der Waals surface area contributed by atoms with Gasteiger partial charge in [-0.1, -0.05) is 17.7 Å². The van der Waals surface area contributed by atoms with Crippen molar-refractivity contribution in [2.75, 3.05) is 18.0 Å². The topological polar surface area (TPSA) is 129 Å². The number of nitriles is 2. The Labute approximate surface area is 150 Å². The van der Waals surface area contributed by atoms with Crippen LogP contribution in [-0.2, 0) is 0 Å².